The number of esters is 1. The summed E-state index contributed by atoms with van der Waals surface area (Å²) >= 11 is 0. The minimum Gasteiger partial charge on any atom is -0.422 e. The number of aryl methyl sites for hydroxylation is 1. The van der Waals surface area contributed by atoms with E-state index in [2.05, 4.69) is 13.8 Å². The Bertz CT molecular complexity index is 910. The average Bonchev–Trinajstić information content (AvgIpc) is 3.05. The molecule has 0 saturated carbocycles. The Morgan fingerprint density at radius 2 is 1.78 bits per heavy atom. The van der Waals surface area contributed by atoms with Crippen molar-refractivity contribution in [2.45, 2.75) is 24.7 Å². The van der Waals surface area contributed by atoms with Crippen LogP contribution in [-0.2, 0) is 21.8 Å². The van der Waals surface area contributed by atoms with Crippen LogP contribution < -0.4 is 4.74 Å². The molecule has 27 heavy (non-hydrogen) atoms. The lowest BCUT2D eigenvalue weighted by atomic mass is 10.0. The van der Waals surface area contributed by atoms with Crippen LogP contribution in [0.1, 0.15) is 35.8 Å². The molecule has 0 atom stereocenters. The predicted octanol–water partition coefficient (Wildman–Crippen LogP) is 2.39. The summed E-state index contributed by atoms with van der Waals surface area (Å²) in [5.74, 6) is 0.206. The van der Waals surface area contributed by atoms with Crippen molar-refractivity contribution in [3.63, 3.8) is 0 Å². The summed E-state index contributed by atoms with van der Waals surface area (Å²) in [4.78, 5) is 12.6. The molecular formula is C19H24N2O5S. The van der Waals surface area contributed by atoms with E-state index in [0.29, 0.717) is 38.0 Å². The van der Waals surface area contributed by atoms with Gasteiger partial charge in [-0.2, -0.15) is 4.31 Å². The maximum absolute atomic E-state index is 12.7. The largest absolute Gasteiger partial charge is 0.422 e. The van der Waals surface area contributed by atoms with Crippen molar-refractivity contribution in [3.8, 4) is 5.75 Å². The zero-order valence-corrected chi connectivity index (χ0v) is 16.5. The van der Waals surface area contributed by atoms with Crippen LogP contribution in [0.3, 0.4) is 0 Å². The van der Waals surface area contributed by atoms with Gasteiger partial charge in [0.05, 0.1) is 13.2 Å². The molecule has 0 amide bonds. The lowest BCUT2D eigenvalue weighted by Crippen LogP contribution is -2.40. The van der Waals surface area contributed by atoms with Gasteiger partial charge in [0.1, 0.15) is 16.3 Å². The number of aromatic nitrogens is 1. The Morgan fingerprint density at radius 3 is 2.37 bits per heavy atom. The van der Waals surface area contributed by atoms with Gasteiger partial charge in [-0.15, -0.1) is 0 Å². The van der Waals surface area contributed by atoms with E-state index < -0.39 is 16.0 Å². The molecule has 0 spiro atoms. The molecule has 1 aliphatic heterocycles. The smallest absolute Gasteiger partial charge is 0.360 e. The third-order valence-corrected chi connectivity index (χ3v) is 6.42. The van der Waals surface area contributed by atoms with Gasteiger partial charge in [-0.05, 0) is 29.7 Å². The second-order valence-electron chi connectivity index (χ2n) is 6.80. The highest BCUT2D eigenvalue weighted by atomic mass is 32.2. The van der Waals surface area contributed by atoms with E-state index in [1.165, 1.54) is 21.1 Å². The molecular weight excluding hydrogens is 368 g/mol. The lowest BCUT2D eigenvalue weighted by molar-refractivity contribution is 0.0723. The molecule has 146 valence electrons. The molecule has 1 fully saturated rings. The Balaban J connectivity index is 1.78. The molecule has 0 radical (unpaired) electrons. The monoisotopic (exact) mass is 392 g/mol. The first-order chi connectivity index (χ1) is 12.8. The van der Waals surface area contributed by atoms with Crippen LogP contribution in [0.25, 0.3) is 0 Å². The average molecular weight is 392 g/mol. The second kappa shape index (κ2) is 7.84. The molecule has 1 aliphatic rings. The maximum Gasteiger partial charge on any atom is 0.360 e. The molecule has 0 unspecified atom stereocenters. The van der Waals surface area contributed by atoms with Gasteiger partial charge in [0, 0.05) is 26.3 Å². The fraction of sp³-hybridized carbons (Fsp3) is 0.421. The number of carbonyl (C=O) groups excluding carboxylic acids is 1. The van der Waals surface area contributed by atoms with Crippen molar-refractivity contribution < 1.29 is 22.7 Å². The van der Waals surface area contributed by atoms with Gasteiger partial charge in [-0.1, -0.05) is 26.0 Å². The normalized spacial score (nSPS) is 15.9. The van der Waals surface area contributed by atoms with E-state index in [-0.39, 0.29) is 10.6 Å². The van der Waals surface area contributed by atoms with Gasteiger partial charge in [0.25, 0.3) is 0 Å². The van der Waals surface area contributed by atoms with Crippen molar-refractivity contribution in [1.82, 2.24) is 8.87 Å². The summed E-state index contributed by atoms with van der Waals surface area (Å²) < 4.78 is 38.9. The van der Waals surface area contributed by atoms with Gasteiger partial charge in [0.15, 0.2) is 0 Å². The molecule has 2 aromatic rings. The first-order valence-corrected chi connectivity index (χ1v) is 10.3. The number of ether oxygens (including phenoxy) is 2. The molecule has 0 N–H and O–H groups in total. The van der Waals surface area contributed by atoms with Crippen LogP contribution in [0, 0.1) is 0 Å². The van der Waals surface area contributed by atoms with Crippen molar-refractivity contribution in [2.24, 2.45) is 7.05 Å². The molecule has 0 aliphatic carbocycles. The standard InChI is InChI=1S/C19H24N2O5S/c1-14(2)15-4-6-16(7-5-15)26-19(22)18-12-17(13-20(18)3)27(23,24)21-8-10-25-11-9-21/h4-7,12-14H,8-11H2,1-3H3. The van der Waals surface area contributed by atoms with Crippen molar-refractivity contribution in [3.05, 3.63) is 47.8 Å². The Kier molecular flexibility index (Phi) is 5.69. The van der Waals surface area contributed by atoms with Gasteiger partial charge >= 0.3 is 5.97 Å². The van der Waals surface area contributed by atoms with Gasteiger partial charge < -0.3 is 14.0 Å². The van der Waals surface area contributed by atoms with Gasteiger partial charge in [-0.3, -0.25) is 0 Å². The zero-order valence-electron chi connectivity index (χ0n) is 15.7. The number of hydrogen-bond acceptors (Lipinski definition) is 5. The number of benzene rings is 1. The van der Waals surface area contributed by atoms with Crippen molar-refractivity contribution >= 4 is 16.0 Å². The summed E-state index contributed by atoms with van der Waals surface area (Å²) in [6, 6.07) is 8.65. The zero-order chi connectivity index (χ0) is 19.6. The molecule has 3 rings (SSSR count). The number of hydrogen-bond donors (Lipinski definition) is 0. The number of nitrogens with zero attached hydrogens (tertiary/aromatic N) is 2. The van der Waals surface area contributed by atoms with E-state index in [4.69, 9.17) is 9.47 Å². The van der Waals surface area contributed by atoms with Crippen LogP contribution in [-0.4, -0.2) is 49.6 Å². The molecule has 1 aromatic carbocycles. The molecule has 1 aromatic heterocycles. The second-order valence-corrected chi connectivity index (χ2v) is 8.74. The summed E-state index contributed by atoms with van der Waals surface area (Å²) in [6.45, 7) is 5.52. The van der Waals surface area contributed by atoms with Crippen molar-refractivity contribution in [1.29, 1.82) is 0 Å². The van der Waals surface area contributed by atoms with Crippen LogP contribution in [0.2, 0.25) is 0 Å². The molecule has 0 bridgehead atoms. The maximum atomic E-state index is 12.7. The number of sulfonamides is 1. The third-order valence-electron chi connectivity index (χ3n) is 4.55. The third kappa shape index (κ3) is 4.23. The Labute approximate surface area is 159 Å². The fourth-order valence-electron chi connectivity index (χ4n) is 2.89. The summed E-state index contributed by atoms with van der Waals surface area (Å²) in [7, 11) is -2.04. The first kappa shape index (κ1) is 19.6. The minimum atomic E-state index is -3.66. The highest BCUT2D eigenvalue weighted by Crippen LogP contribution is 2.22. The topological polar surface area (TPSA) is 77.8 Å². The minimum absolute atomic E-state index is 0.0778. The van der Waals surface area contributed by atoms with Crippen LogP contribution in [0.5, 0.6) is 5.75 Å². The van der Waals surface area contributed by atoms with Gasteiger partial charge in [0.2, 0.25) is 10.0 Å². The fourth-order valence-corrected chi connectivity index (χ4v) is 4.37. The van der Waals surface area contributed by atoms with Crippen LogP contribution >= 0.6 is 0 Å². The van der Waals surface area contributed by atoms with Gasteiger partial charge in [-0.25, -0.2) is 13.2 Å². The summed E-state index contributed by atoms with van der Waals surface area (Å²) in [6.07, 6.45) is 1.43. The quantitative estimate of drug-likeness (QED) is 0.577. The number of carbonyl (C=O) groups is 1. The first-order valence-electron chi connectivity index (χ1n) is 8.85. The van der Waals surface area contributed by atoms with Crippen LogP contribution in [0.15, 0.2) is 41.4 Å². The van der Waals surface area contributed by atoms with E-state index in [9.17, 15) is 13.2 Å². The summed E-state index contributed by atoms with van der Waals surface area (Å²) in [5, 5.41) is 0. The highest BCUT2D eigenvalue weighted by Gasteiger charge is 2.29. The van der Waals surface area contributed by atoms with E-state index in [1.54, 1.807) is 19.2 Å². The SMILES string of the molecule is CC(C)c1ccc(OC(=O)c2cc(S(=O)(=O)N3CCOCC3)cn2C)cc1. The molecule has 8 heteroatoms. The Morgan fingerprint density at radius 1 is 1.15 bits per heavy atom. The summed E-state index contributed by atoms with van der Waals surface area (Å²) in [5.41, 5.74) is 1.32. The molecule has 2 heterocycles. The highest BCUT2D eigenvalue weighted by molar-refractivity contribution is 7.89. The van der Waals surface area contributed by atoms with E-state index in [0.717, 1.165) is 5.56 Å². The molecule has 7 nitrogen and oxygen atoms in total. The van der Waals surface area contributed by atoms with E-state index in [1.807, 2.05) is 12.1 Å². The number of rotatable bonds is 5. The lowest BCUT2D eigenvalue weighted by Gasteiger charge is -2.25. The molecule has 1 saturated heterocycles. The number of morpholine rings is 1. The van der Waals surface area contributed by atoms with Crippen LogP contribution in [0.4, 0.5) is 0 Å². The Hall–Kier alpha value is -2.16. The van der Waals surface area contributed by atoms with E-state index >= 15 is 0 Å². The predicted molar refractivity (Wildman–Crippen MR) is 100 cm³/mol. The van der Waals surface area contributed by atoms with Crippen molar-refractivity contribution in [2.75, 3.05) is 26.3 Å².